The molecule has 0 aliphatic carbocycles. The van der Waals surface area contributed by atoms with Crippen LogP contribution in [0.5, 0.6) is 0 Å². The summed E-state index contributed by atoms with van der Waals surface area (Å²) in [7, 11) is 0. The van der Waals surface area contributed by atoms with Gasteiger partial charge >= 0.3 is 0 Å². The van der Waals surface area contributed by atoms with Crippen molar-refractivity contribution in [2.45, 2.75) is 58.9 Å². The number of hydrogen-bond donors (Lipinski definition) is 2. The number of halogens is 2. The highest BCUT2D eigenvalue weighted by Crippen LogP contribution is 2.23. The van der Waals surface area contributed by atoms with Crippen LogP contribution in [0.1, 0.15) is 51.7 Å². The molecule has 22 heavy (non-hydrogen) atoms. The van der Waals surface area contributed by atoms with Crippen molar-refractivity contribution in [1.29, 1.82) is 0 Å². The van der Waals surface area contributed by atoms with Crippen molar-refractivity contribution in [3.05, 3.63) is 16.1 Å². The second-order valence-corrected chi connectivity index (χ2v) is 7.60. The quantitative estimate of drug-likeness (QED) is 0.807. The molecule has 0 aliphatic heterocycles. The predicted molar refractivity (Wildman–Crippen MR) is 99.5 cm³/mol. The molecule has 0 unspecified atom stereocenters. The van der Waals surface area contributed by atoms with E-state index in [9.17, 15) is 4.79 Å². The zero-order chi connectivity index (χ0) is 15.3. The average Bonchev–Trinajstić information content (AvgIpc) is 2.76. The first-order valence-corrected chi connectivity index (χ1v) is 8.06. The summed E-state index contributed by atoms with van der Waals surface area (Å²) in [6.45, 7) is 11.2. The summed E-state index contributed by atoms with van der Waals surface area (Å²) in [6, 6.07) is -0.406. The molecule has 0 saturated heterocycles. The smallest absolute Gasteiger partial charge is 0.236 e. The zero-order valence-electron chi connectivity index (χ0n) is 14.0. The Morgan fingerprint density at radius 3 is 2.41 bits per heavy atom. The third-order valence-electron chi connectivity index (χ3n) is 3.02. The number of carbonyl (C=O) groups is 1. The highest BCUT2D eigenvalue weighted by Gasteiger charge is 2.18. The molecular weight excluding hydrogens is 341 g/mol. The molecule has 1 aromatic rings. The summed E-state index contributed by atoms with van der Waals surface area (Å²) in [4.78, 5) is 16.4. The number of rotatable bonds is 6. The van der Waals surface area contributed by atoms with E-state index in [1.54, 1.807) is 11.3 Å². The van der Waals surface area contributed by atoms with Gasteiger partial charge < -0.3 is 11.1 Å². The van der Waals surface area contributed by atoms with Gasteiger partial charge in [0, 0.05) is 23.8 Å². The normalized spacial score (nSPS) is 12.3. The molecule has 0 fully saturated rings. The number of hydrogen-bond acceptors (Lipinski definition) is 4. The number of nitrogens with one attached hydrogen (secondary N) is 1. The molecule has 4 nitrogen and oxygen atoms in total. The first-order chi connectivity index (χ1) is 9.20. The van der Waals surface area contributed by atoms with Crippen LogP contribution >= 0.6 is 36.2 Å². The topological polar surface area (TPSA) is 68.0 Å². The highest BCUT2D eigenvalue weighted by atomic mass is 35.5. The maximum Gasteiger partial charge on any atom is 0.236 e. The van der Waals surface area contributed by atoms with E-state index < -0.39 is 6.04 Å². The minimum Gasteiger partial charge on any atom is -0.354 e. The van der Waals surface area contributed by atoms with Crippen molar-refractivity contribution in [2.24, 2.45) is 11.7 Å². The maximum atomic E-state index is 11.8. The van der Waals surface area contributed by atoms with Gasteiger partial charge in [-0.1, -0.05) is 34.6 Å². The molecule has 1 rings (SSSR count). The van der Waals surface area contributed by atoms with Crippen LogP contribution in [-0.2, 0) is 16.6 Å². The fraction of sp³-hybridized carbons (Fsp3) is 0.733. The molecule has 0 aliphatic rings. The predicted octanol–water partition coefficient (Wildman–Crippen LogP) is 3.32. The third-order valence-corrected chi connectivity index (χ3v) is 3.93. The highest BCUT2D eigenvalue weighted by molar-refractivity contribution is 7.09. The summed E-state index contributed by atoms with van der Waals surface area (Å²) in [5.74, 6) is 0.371. The fourth-order valence-corrected chi connectivity index (χ4v) is 2.83. The molecule has 1 heterocycles. The Balaban J connectivity index is 0. The van der Waals surface area contributed by atoms with Gasteiger partial charge in [-0.15, -0.1) is 36.2 Å². The van der Waals surface area contributed by atoms with E-state index in [1.165, 1.54) is 0 Å². The molecule has 0 radical (unpaired) electrons. The van der Waals surface area contributed by atoms with Crippen molar-refractivity contribution in [3.8, 4) is 0 Å². The van der Waals surface area contributed by atoms with Gasteiger partial charge in [0.25, 0.3) is 0 Å². The van der Waals surface area contributed by atoms with E-state index in [0.29, 0.717) is 12.5 Å². The van der Waals surface area contributed by atoms with E-state index in [2.05, 4.69) is 50.3 Å². The Bertz CT molecular complexity index is 444. The lowest BCUT2D eigenvalue weighted by Crippen LogP contribution is -2.42. The summed E-state index contributed by atoms with van der Waals surface area (Å²) in [5, 5.41) is 6.05. The van der Waals surface area contributed by atoms with E-state index in [1.807, 2.05) is 0 Å². The Morgan fingerprint density at radius 2 is 1.95 bits per heavy atom. The van der Waals surface area contributed by atoms with Crippen LogP contribution in [0.3, 0.4) is 0 Å². The molecule has 1 amide bonds. The Morgan fingerprint density at radius 1 is 1.36 bits per heavy atom. The van der Waals surface area contributed by atoms with Gasteiger partial charge in [0.15, 0.2) is 0 Å². The molecule has 0 spiro atoms. The standard InChI is InChI=1S/C15H27N3OS.2ClH/c1-10(2)8-11(16)14(19)17-7-6-13-18-12(9-20-13)15(3,4)5;;/h9-11H,6-8,16H2,1-5H3,(H,17,19);2*1H/t11-;;/m0../s1. The Hall–Kier alpha value is -0.360. The van der Waals surface area contributed by atoms with Gasteiger partial charge in [-0.2, -0.15) is 0 Å². The van der Waals surface area contributed by atoms with Crippen molar-refractivity contribution >= 4 is 42.1 Å². The van der Waals surface area contributed by atoms with Crippen LogP contribution in [0.25, 0.3) is 0 Å². The molecule has 3 N–H and O–H groups in total. The van der Waals surface area contributed by atoms with Crippen molar-refractivity contribution in [1.82, 2.24) is 10.3 Å². The fourth-order valence-electron chi connectivity index (χ4n) is 1.81. The van der Waals surface area contributed by atoms with Gasteiger partial charge in [-0.25, -0.2) is 4.98 Å². The van der Waals surface area contributed by atoms with Crippen LogP contribution in [0, 0.1) is 5.92 Å². The van der Waals surface area contributed by atoms with E-state index in [4.69, 9.17) is 5.73 Å². The maximum absolute atomic E-state index is 11.8. The Labute approximate surface area is 150 Å². The van der Waals surface area contributed by atoms with E-state index in [-0.39, 0.29) is 36.1 Å². The lowest BCUT2D eigenvalue weighted by Gasteiger charge is -2.14. The lowest BCUT2D eigenvalue weighted by atomic mass is 9.93. The van der Waals surface area contributed by atoms with E-state index in [0.717, 1.165) is 23.5 Å². The van der Waals surface area contributed by atoms with Crippen molar-refractivity contribution in [2.75, 3.05) is 6.54 Å². The first-order valence-electron chi connectivity index (χ1n) is 7.18. The van der Waals surface area contributed by atoms with Gasteiger partial charge in [-0.05, 0) is 12.3 Å². The summed E-state index contributed by atoms with van der Waals surface area (Å²) in [6.07, 6.45) is 1.48. The number of thiazole rings is 1. The lowest BCUT2D eigenvalue weighted by molar-refractivity contribution is -0.122. The Kier molecular flexibility index (Phi) is 11.3. The van der Waals surface area contributed by atoms with Crippen LogP contribution in [0.4, 0.5) is 0 Å². The van der Waals surface area contributed by atoms with Gasteiger partial charge in [0.2, 0.25) is 5.91 Å². The number of nitrogens with two attached hydrogens (primary N) is 1. The molecular formula is C15H29Cl2N3OS. The summed E-state index contributed by atoms with van der Waals surface area (Å²) < 4.78 is 0. The number of aromatic nitrogens is 1. The number of nitrogens with zero attached hydrogens (tertiary/aromatic N) is 1. The van der Waals surface area contributed by atoms with Crippen LogP contribution in [-0.4, -0.2) is 23.5 Å². The molecule has 0 aromatic carbocycles. The molecule has 1 aromatic heterocycles. The molecule has 1 atom stereocenters. The third kappa shape index (κ3) is 8.32. The average molecular weight is 370 g/mol. The first kappa shape index (κ1) is 23.9. The number of carbonyl (C=O) groups excluding carboxylic acids is 1. The van der Waals surface area contributed by atoms with Crippen LogP contribution < -0.4 is 11.1 Å². The summed E-state index contributed by atoms with van der Waals surface area (Å²) >= 11 is 1.65. The molecule has 130 valence electrons. The van der Waals surface area contributed by atoms with Crippen molar-refractivity contribution < 1.29 is 4.79 Å². The second kappa shape index (κ2) is 10.4. The van der Waals surface area contributed by atoms with Gasteiger partial charge in [-0.3, -0.25) is 4.79 Å². The second-order valence-electron chi connectivity index (χ2n) is 6.65. The van der Waals surface area contributed by atoms with Crippen LogP contribution in [0.15, 0.2) is 5.38 Å². The minimum absolute atomic E-state index is 0. The number of amides is 1. The zero-order valence-corrected chi connectivity index (χ0v) is 16.5. The summed E-state index contributed by atoms with van der Waals surface area (Å²) in [5.41, 5.74) is 7.03. The van der Waals surface area contributed by atoms with Crippen LogP contribution in [0.2, 0.25) is 0 Å². The molecule has 0 bridgehead atoms. The largest absolute Gasteiger partial charge is 0.354 e. The minimum atomic E-state index is -0.406. The van der Waals surface area contributed by atoms with Gasteiger partial charge in [0.1, 0.15) is 0 Å². The molecule has 7 heteroatoms. The van der Waals surface area contributed by atoms with E-state index >= 15 is 0 Å². The molecule has 0 saturated carbocycles. The SMILES string of the molecule is CC(C)C[C@H](N)C(=O)NCCc1nc(C(C)(C)C)cs1.Cl.Cl. The van der Waals surface area contributed by atoms with Gasteiger partial charge in [0.05, 0.1) is 16.7 Å². The monoisotopic (exact) mass is 369 g/mol. The van der Waals surface area contributed by atoms with Crippen molar-refractivity contribution in [3.63, 3.8) is 0 Å².